The first kappa shape index (κ1) is 18.9. The molecule has 0 bridgehead atoms. The third kappa shape index (κ3) is 4.46. The van der Waals surface area contributed by atoms with Crippen molar-refractivity contribution in [1.82, 2.24) is 15.8 Å². The van der Waals surface area contributed by atoms with Crippen LogP contribution >= 0.6 is 11.6 Å². The SMILES string of the molecule is CC(c1ccccc1)N1CC(C(=O)NNC(=O)c2cccc(Cl)c2)CC1=O. The van der Waals surface area contributed by atoms with Crippen LogP contribution in [0.1, 0.15) is 35.3 Å². The van der Waals surface area contributed by atoms with E-state index in [1.807, 2.05) is 37.3 Å². The second-order valence-corrected chi connectivity index (χ2v) is 6.92. The number of carbonyl (C=O) groups is 3. The summed E-state index contributed by atoms with van der Waals surface area (Å²) in [4.78, 5) is 38.5. The van der Waals surface area contributed by atoms with Crippen LogP contribution in [0.25, 0.3) is 0 Å². The number of benzene rings is 2. The van der Waals surface area contributed by atoms with Gasteiger partial charge in [-0.3, -0.25) is 25.2 Å². The van der Waals surface area contributed by atoms with Gasteiger partial charge in [0.15, 0.2) is 0 Å². The molecule has 1 fully saturated rings. The predicted octanol–water partition coefficient (Wildman–Crippen LogP) is 2.71. The lowest BCUT2D eigenvalue weighted by atomic mass is 10.1. The van der Waals surface area contributed by atoms with Gasteiger partial charge in [-0.1, -0.05) is 48.0 Å². The van der Waals surface area contributed by atoms with E-state index >= 15 is 0 Å². The average molecular weight is 386 g/mol. The fraction of sp³-hybridized carbons (Fsp3) is 0.250. The van der Waals surface area contributed by atoms with Gasteiger partial charge in [0, 0.05) is 23.6 Å². The Hall–Kier alpha value is -2.86. The van der Waals surface area contributed by atoms with Crippen molar-refractivity contribution in [1.29, 1.82) is 0 Å². The summed E-state index contributed by atoms with van der Waals surface area (Å²) in [6.45, 7) is 2.25. The summed E-state index contributed by atoms with van der Waals surface area (Å²) in [5, 5.41) is 0.431. The van der Waals surface area contributed by atoms with Gasteiger partial charge in [0.25, 0.3) is 5.91 Å². The second-order valence-electron chi connectivity index (χ2n) is 6.49. The Morgan fingerprint density at radius 2 is 1.85 bits per heavy atom. The zero-order valence-electron chi connectivity index (χ0n) is 14.8. The molecule has 3 amide bonds. The van der Waals surface area contributed by atoms with Crippen molar-refractivity contribution in [2.45, 2.75) is 19.4 Å². The van der Waals surface area contributed by atoms with Crippen molar-refractivity contribution in [3.63, 3.8) is 0 Å². The van der Waals surface area contributed by atoms with Gasteiger partial charge in [0.1, 0.15) is 0 Å². The Morgan fingerprint density at radius 3 is 2.56 bits per heavy atom. The van der Waals surface area contributed by atoms with Gasteiger partial charge in [0.05, 0.1) is 12.0 Å². The number of nitrogens with zero attached hydrogens (tertiary/aromatic N) is 1. The summed E-state index contributed by atoms with van der Waals surface area (Å²) < 4.78 is 0. The predicted molar refractivity (Wildman–Crippen MR) is 102 cm³/mol. The number of halogens is 1. The van der Waals surface area contributed by atoms with Crippen molar-refractivity contribution in [3.8, 4) is 0 Å². The third-order valence-electron chi connectivity index (χ3n) is 4.66. The van der Waals surface area contributed by atoms with E-state index in [4.69, 9.17) is 11.6 Å². The van der Waals surface area contributed by atoms with E-state index in [1.165, 1.54) is 6.07 Å². The maximum atomic E-state index is 12.4. The molecule has 2 aromatic carbocycles. The van der Waals surface area contributed by atoms with E-state index in [9.17, 15) is 14.4 Å². The summed E-state index contributed by atoms with van der Waals surface area (Å²) >= 11 is 5.86. The molecule has 7 heteroatoms. The van der Waals surface area contributed by atoms with Crippen LogP contribution in [0.4, 0.5) is 0 Å². The Labute approximate surface area is 162 Å². The smallest absolute Gasteiger partial charge is 0.269 e. The van der Waals surface area contributed by atoms with E-state index in [1.54, 1.807) is 23.1 Å². The lowest BCUT2D eigenvalue weighted by molar-refractivity contribution is -0.130. The zero-order chi connectivity index (χ0) is 19.4. The van der Waals surface area contributed by atoms with Crippen LogP contribution in [0.5, 0.6) is 0 Å². The molecule has 27 heavy (non-hydrogen) atoms. The molecular weight excluding hydrogens is 366 g/mol. The molecule has 0 spiro atoms. The van der Waals surface area contributed by atoms with Crippen LogP contribution in [-0.2, 0) is 9.59 Å². The van der Waals surface area contributed by atoms with E-state index in [0.717, 1.165) is 5.56 Å². The normalized spacial score (nSPS) is 17.5. The maximum Gasteiger partial charge on any atom is 0.269 e. The molecule has 6 nitrogen and oxygen atoms in total. The molecule has 0 saturated carbocycles. The molecule has 2 atom stereocenters. The van der Waals surface area contributed by atoms with E-state index in [0.29, 0.717) is 17.1 Å². The number of hydrazine groups is 1. The molecule has 0 aliphatic carbocycles. The lowest BCUT2D eigenvalue weighted by Crippen LogP contribution is -2.45. The van der Waals surface area contributed by atoms with Gasteiger partial charge in [-0.2, -0.15) is 0 Å². The molecule has 2 N–H and O–H groups in total. The summed E-state index contributed by atoms with van der Waals surface area (Å²) in [7, 11) is 0. The number of rotatable bonds is 4. The summed E-state index contributed by atoms with van der Waals surface area (Å²) in [6.07, 6.45) is 0.121. The fourth-order valence-corrected chi connectivity index (χ4v) is 3.31. The van der Waals surface area contributed by atoms with E-state index < -0.39 is 11.8 Å². The van der Waals surface area contributed by atoms with Gasteiger partial charge < -0.3 is 4.90 Å². The van der Waals surface area contributed by atoms with Gasteiger partial charge in [-0.25, -0.2) is 0 Å². The molecule has 0 aromatic heterocycles. The molecule has 140 valence electrons. The minimum absolute atomic E-state index is 0.0762. The molecule has 1 aliphatic rings. The van der Waals surface area contributed by atoms with Crippen LogP contribution in [0.3, 0.4) is 0 Å². The highest BCUT2D eigenvalue weighted by Gasteiger charge is 2.37. The van der Waals surface area contributed by atoms with Crippen molar-refractivity contribution in [2.24, 2.45) is 5.92 Å². The Balaban J connectivity index is 1.57. The van der Waals surface area contributed by atoms with Crippen molar-refractivity contribution >= 4 is 29.3 Å². The summed E-state index contributed by atoms with van der Waals surface area (Å²) in [5.41, 5.74) is 6.12. The zero-order valence-corrected chi connectivity index (χ0v) is 15.6. The van der Waals surface area contributed by atoms with Crippen molar-refractivity contribution in [3.05, 3.63) is 70.7 Å². The maximum absolute atomic E-state index is 12.4. The van der Waals surface area contributed by atoms with Crippen molar-refractivity contribution in [2.75, 3.05) is 6.54 Å². The largest absolute Gasteiger partial charge is 0.335 e. The Kier molecular flexibility index (Phi) is 5.76. The first-order chi connectivity index (χ1) is 13.0. The topological polar surface area (TPSA) is 78.5 Å². The van der Waals surface area contributed by atoms with Crippen LogP contribution in [0, 0.1) is 5.92 Å². The Bertz CT molecular complexity index is 857. The number of carbonyl (C=O) groups excluding carboxylic acids is 3. The first-order valence-electron chi connectivity index (χ1n) is 8.66. The number of hydrogen-bond donors (Lipinski definition) is 2. The van der Waals surface area contributed by atoms with Crippen molar-refractivity contribution < 1.29 is 14.4 Å². The van der Waals surface area contributed by atoms with Crippen LogP contribution in [0.2, 0.25) is 5.02 Å². The molecule has 1 heterocycles. The molecule has 2 unspecified atom stereocenters. The highest BCUT2D eigenvalue weighted by Crippen LogP contribution is 2.28. The molecule has 1 saturated heterocycles. The minimum Gasteiger partial charge on any atom is -0.335 e. The lowest BCUT2D eigenvalue weighted by Gasteiger charge is -2.25. The first-order valence-corrected chi connectivity index (χ1v) is 9.03. The highest BCUT2D eigenvalue weighted by molar-refractivity contribution is 6.30. The summed E-state index contributed by atoms with van der Waals surface area (Å²) in [6, 6.07) is 16.0. The Morgan fingerprint density at radius 1 is 1.11 bits per heavy atom. The number of likely N-dealkylation sites (tertiary alicyclic amines) is 1. The van der Waals surface area contributed by atoms with E-state index in [-0.39, 0.29) is 24.3 Å². The minimum atomic E-state index is -0.511. The number of nitrogens with one attached hydrogen (secondary N) is 2. The molecule has 2 aromatic rings. The van der Waals surface area contributed by atoms with Crippen LogP contribution in [-0.4, -0.2) is 29.2 Å². The van der Waals surface area contributed by atoms with Gasteiger partial charge in [-0.15, -0.1) is 0 Å². The molecule has 1 aliphatic heterocycles. The van der Waals surface area contributed by atoms with E-state index in [2.05, 4.69) is 10.9 Å². The summed E-state index contributed by atoms with van der Waals surface area (Å²) in [5.74, 6) is -1.44. The fourth-order valence-electron chi connectivity index (χ4n) is 3.12. The quantitative estimate of drug-likeness (QED) is 0.794. The standard InChI is InChI=1S/C20H20ClN3O3/c1-13(14-6-3-2-4-7-14)24-12-16(11-18(24)25)20(27)23-22-19(26)15-8-5-9-17(21)10-15/h2-10,13,16H,11-12H2,1H3,(H,22,26)(H,23,27). The highest BCUT2D eigenvalue weighted by atomic mass is 35.5. The third-order valence-corrected chi connectivity index (χ3v) is 4.90. The van der Waals surface area contributed by atoms with Gasteiger partial charge >= 0.3 is 0 Å². The molecule has 3 rings (SSSR count). The van der Waals surface area contributed by atoms with Crippen LogP contribution < -0.4 is 10.9 Å². The average Bonchev–Trinajstić information content (AvgIpc) is 3.07. The monoisotopic (exact) mass is 385 g/mol. The van der Waals surface area contributed by atoms with Gasteiger partial charge in [0.2, 0.25) is 11.8 Å². The molecular formula is C20H20ClN3O3. The molecule has 0 radical (unpaired) electrons. The van der Waals surface area contributed by atoms with Crippen LogP contribution in [0.15, 0.2) is 54.6 Å². The number of hydrogen-bond acceptors (Lipinski definition) is 3. The second kappa shape index (κ2) is 8.22. The van der Waals surface area contributed by atoms with Gasteiger partial charge in [-0.05, 0) is 30.7 Å². The number of amides is 3.